The Morgan fingerprint density at radius 3 is 2.55 bits per heavy atom. The van der Waals surface area contributed by atoms with E-state index in [9.17, 15) is 19.8 Å². The van der Waals surface area contributed by atoms with E-state index in [2.05, 4.69) is 0 Å². The summed E-state index contributed by atoms with van der Waals surface area (Å²) in [6.45, 7) is 6.94. The number of Topliss-reactive ketones (excluding diaryl/α,β-unsaturated/α-hetero) is 1. The number of carbonyl (C=O) groups is 1. The first-order valence-electron chi connectivity index (χ1n) is 10.8. The maximum atomic E-state index is 12.9. The number of hydrogen-bond acceptors (Lipinski definition) is 6. The molecule has 0 radical (unpaired) electrons. The molecule has 0 aromatic carbocycles. The van der Waals surface area contributed by atoms with Gasteiger partial charge in [-0.2, -0.15) is 0 Å². The summed E-state index contributed by atoms with van der Waals surface area (Å²) >= 11 is 0. The lowest BCUT2D eigenvalue weighted by Gasteiger charge is -2.64. The average molecular weight is 427 g/mol. The zero-order valence-corrected chi connectivity index (χ0v) is 18.5. The lowest BCUT2D eigenvalue weighted by atomic mass is 9.44. The van der Waals surface area contributed by atoms with Gasteiger partial charge in [-0.05, 0) is 50.8 Å². The van der Waals surface area contributed by atoms with E-state index < -0.39 is 22.0 Å². The van der Waals surface area contributed by atoms with Crippen molar-refractivity contribution >= 4 is 17.9 Å². The van der Waals surface area contributed by atoms with Crippen LogP contribution in [0.1, 0.15) is 64.7 Å². The van der Waals surface area contributed by atoms with Crippen LogP contribution < -0.4 is 10.2 Å². The zero-order chi connectivity index (χ0) is 22.7. The van der Waals surface area contributed by atoms with Gasteiger partial charge in [0, 0.05) is 17.9 Å². The van der Waals surface area contributed by atoms with Crippen LogP contribution in [-0.2, 0) is 4.79 Å². The Morgan fingerprint density at radius 2 is 1.87 bits per heavy atom. The van der Waals surface area contributed by atoms with Crippen LogP contribution >= 0.6 is 0 Å². The fourth-order valence-corrected chi connectivity index (χ4v) is 5.73. The monoisotopic (exact) mass is 426 g/mol. The summed E-state index contributed by atoms with van der Waals surface area (Å²) in [5.74, 6) is 0.511. The smallest absolute Gasteiger partial charge is 0.297 e. The average Bonchev–Trinajstić information content (AvgIpc) is 2.71. The van der Waals surface area contributed by atoms with Crippen LogP contribution in [0.25, 0.3) is 12.2 Å². The number of allylic oxidation sites excluding steroid dienone is 3. The second-order valence-corrected chi connectivity index (χ2v) is 9.64. The van der Waals surface area contributed by atoms with Crippen molar-refractivity contribution in [2.45, 2.75) is 64.6 Å². The molecule has 6 nitrogen and oxygen atoms in total. The maximum absolute atomic E-state index is 12.9. The van der Waals surface area contributed by atoms with Crippen molar-refractivity contribution in [1.82, 2.24) is 0 Å². The number of fused-ring (bicyclic) bond motifs is 4. The van der Waals surface area contributed by atoms with Gasteiger partial charge in [0.25, 0.3) is 5.95 Å². The summed E-state index contributed by atoms with van der Waals surface area (Å²) in [4.78, 5) is 25.6. The van der Waals surface area contributed by atoms with E-state index in [1.54, 1.807) is 32.1 Å². The number of aliphatic hydroxyl groups excluding tert-OH is 1. The molecule has 6 heteroatoms. The molecule has 2 heterocycles. The van der Waals surface area contributed by atoms with Crippen LogP contribution in [0.3, 0.4) is 0 Å². The topological polar surface area (TPSA) is 97.0 Å². The van der Waals surface area contributed by atoms with Crippen LogP contribution in [0.2, 0.25) is 0 Å². The number of rotatable bonds is 3. The highest BCUT2D eigenvalue weighted by molar-refractivity contribution is 5.87. The van der Waals surface area contributed by atoms with Gasteiger partial charge in [-0.1, -0.05) is 32.1 Å². The lowest BCUT2D eigenvalue weighted by molar-refractivity contribution is -0.215. The van der Waals surface area contributed by atoms with Crippen molar-refractivity contribution in [3.8, 4) is 5.95 Å². The van der Waals surface area contributed by atoms with Crippen LogP contribution in [0, 0.1) is 10.8 Å². The summed E-state index contributed by atoms with van der Waals surface area (Å²) in [5, 5.41) is 22.5. The third kappa shape index (κ3) is 2.84. The maximum Gasteiger partial charge on any atom is 0.297 e. The molecule has 2 N–H and O–H groups in total. The molecule has 1 aromatic heterocycles. The molecular formula is C25H30O6. The molecule has 0 bridgehead atoms. The number of ether oxygens (including phenoxy) is 1. The molecule has 1 aromatic rings. The van der Waals surface area contributed by atoms with Crippen LogP contribution in [0.5, 0.6) is 5.95 Å². The Balaban J connectivity index is 1.90. The summed E-state index contributed by atoms with van der Waals surface area (Å²) in [7, 11) is 0. The van der Waals surface area contributed by atoms with Gasteiger partial charge >= 0.3 is 0 Å². The summed E-state index contributed by atoms with van der Waals surface area (Å²) in [6, 6.07) is 1.40. The standard InChI is InChI=1S/C25H30O6/c1-5-6-7-8-16-13-18(27)17-14-19-23(4,31-21(17)30-16)11-12-25(29)22(2,3)20(28)9-10-24(19,25)15-26/h5-8,13-14,26,29H,9-12,15H2,1-4H3/b6-5+,8-7-/t23-,24+,25-/m1/s1. The Kier molecular flexibility index (Phi) is 4.94. The van der Waals surface area contributed by atoms with Crippen molar-refractivity contribution in [3.05, 3.63) is 51.4 Å². The molecule has 1 aliphatic heterocycles. The van der Waals surface area contributed by atoms with Crippen LogP contribution in [0.15, 0.2) is 39.1 Å². The third-order valence-corrected chi connectivity index (χ3v) is 7.76. The lowest BCUT2D eigenvalue weighted by Crippen LogP contribution is -2.71. The summed E-state index contributed by atoms with van der Waals surface area (Å²) in [6.07, 6.45) is 10.2. The Morgan fingerprint density at radius 1 is 1.13 bits per heavy atom. The van der Waals surface area contributed by atoms with Gasteiger partial charge in [0.15, 0.2) is 5.43 Å². The van der Waals surface area contributed by atoms with Gasteiger partial charge in [0.2, 0.25) is 0 Å². The van der Waals surface area contributed by atoms with Crippen LogP contribution in [-0.4, -0.2) is 33.8 Å². The molecule has 2 fully saturated rings. The molecular weight excluding hydrogens is 396 g/mol. The van der Waals surface area contributed by atoms with Crippen molar-refractivity contribution in [2.75, 3.05) is 6.61 Å². The van der Waals surface area contributed by atoms with E-state index in [0.29, 0.717) is 30.6 Å². The minimum atomic E-state index is -1.44. The fourth-order valence-electron chi connectivity index (χ4n) is 5.73. The van der Waals surface area contributed by atoms with E-state index in [1.165, 1.54) is 6.07 Å². The normalized spacial score (nSPS) is 34.1. The van der Waals surface area contributed by atoms with Crippen molar-refractivity contribution in [2.24, 2.45) is 10.8 Å². The Bertz CT molecular complexity index is 1070. The first-order valence-corrected chi connectivity index (χ1v) is 10.8. The van der Waals surface area contributed by atoms with Crippen molar-refractivity contribution in [1.29, 1.82) is 0 Å². The fraction of sp³-hybridized carbons (Fsp3) is 0.520. The molecule has 3 aliphatic rings. The highest BCUT2D eigenvalue weighted by Crippen LogP contribution is 2.64. The van der Waals surface area contributed by atoms with Gasteiger partial charge in [0.1, 0.15) is 22.7 Å². The first-order chi connectivity index (χ1) is 14.5. The minimum absolute atomic E-state index is 0.0162. The Labute approximate surface area is 181 Å². The third-order valence-electron chi connectivity index (χ3n) is 7.76. The number of aliphatic hydroxyl groups is 2. The SMILES string of the molecule is C/C=C/C=C\c1cc(=O)c2c(o1)O[C@]1(C)CC[C@@]3(O)C(C)(C)C(=O)CC[C@]3(CO)C1=C2. The summed E-state index contributed by atoms with van der Waals surface area (Å²) in [5.41, 5.74) is -3.74. The van der Waals surface area contributed by atoms with Gasteiger partial charge in [-0.3, -0.25) is 9.59 Å². The quantitative estimate of drug-likeness (QED) is 0.716. The molecule has 0 saturated heterocycles. The highest BCUT2D eigenvalue weighted by Gasteiger charge is 2.70. The molecule has 31 heavy (non-hydrogen) atoms. The molecule has 2 aliphatic carbocycles. The number of carbonyl (C=O) groups excluding carboxylic acids is 1. The molecule has 2 saturated carbocycles. The van der Waals surface area contributed by atoms with E-state index in [1.807, 2.05) is 26.0 Å². The van der Waals surface area contributed by atoms with Crippen LogP contribution in [0.4, 0.5) is 0 Å². The molecule has 166 valence electrons. The molecule has 0 unspecified atom stereocenters. The van der Waals surface area contributed by atoms with Gasteiger partial charge < -0.3 is 19.4 Å². The van der Waals surface area contributed by atoms with Gasteiger partial charge in [-0.15, -0.1) is 0 Å². The molecule has 0 amide bonds. The largest absolute Gasteiger partial charge is 0.454 e. The summed E-state index contributed by atoms with van der Waals surface area (Å²) < 4.78 is 12.1. The van der Waals surface area contributed by atoms with Gasteiger partial charge in [-0.25, -0.2) is 0 Å². The van der Waals surface area contributed by atoms with Crippen molar-refractivity contribution < 1.29 is 24.2 Å². The zero-order valence-electron chi connectivity index (χ0n) is 18.5. The number of ketones is 1. The first kappa shape index (κ1) is 21.8. The molecule has 4 rings (SSSR count). The predicted octanol–water partition coefficient (Wildman–Crippen LogP) is 3.66. The van der Waals surface area contributed by atoms with E-state index in [-0.39, 0.29) is 35.7 Å². The van der Waals surface area contributed by atoms with E-state index in [4.69, 9.17) is 9.15 Å². The van der Waals surface area contributed by atoms with Crippen molar-refractivity contribution in [3.63, 3.8) is 0 Å². The predicted molar refractivity (Wildman–Crippen MR) is 118 cm³/mol. The molecule has 0 spiro atoms. The number of hydrogen-bond donors (Lipinski definition) is 2. The Hall–Kier alpha value is -2.44. The minimum Gasteiger partial charge on any atom is -0.454 e. The highest BCUT2D eigenvalue weighted by atomic mass is 16.6. The van der Waals surface area contributed by atoms with E-state index in [0.717, 1.165) is 0 Å². The second kappa shape index (κ2) is 7.04. The second-order valence-electron chi connectivity index (χ2n) is 9.64. The van der Waals surface area contributed by atoms with E-state index >= 15 is 0 Å². The molecule has 3 atom stereocenters. The van der Waals surface area contributed by atoms with Gasteiger partial charge in [0.05, 0.1) is 17.6 Å².